The number of anilines is 2. The molecule has 198 valence electrons. The summed E-state index contributed by atoms with van der Waals surface area (Å²) in [6.45, 7) is 2.11. The number of carboxylic acids is 1. The highest BCUT2D eigenvalue weighted by molar-refractivity contribution is 5.99. The minimum atomic E-state index is -4.31. The Hall–Kier alpha value is -4.34. The van der Waals surface area contributed by atoms with Crippen LogP contribution in [0.4, 0.5) is 29.3 Å². The van der Waals surface area contributed by atoms with Crippen LogP contribution in [0.15, 0.2) is 66.7 Å². The van der Waals surface area contributed by atoms with Gasteiger partial charge in [-0.1, -0.05) is 36.4 Å². The van der Waals surface area contributed by atoms with Gasteiger partial charge >= 0.3 is 18.2 Å². The largest absolute Gasteiger partial charge is 0.478 e. The van der Waals surface area contributed by atoms with Gasteiger partial charge < -0.3 is 20.6 Å². The normalized spacial score (nSPS) is 15.3. The van der Waals surface area contributed by atoms with Gasteiger partial charge in [-0.05, 0) is 72.4 Å². The van der Waals surface area contributed by atoms with Crippen LogP contribution in [0.1, 0.15) is 34.3 Å². The summed E-state index contributed by atoms with van der Waals surface area (Å²) in [7, 11) is 0. The number of nitrogens with zero attached hydrogens (tertiary/aromatic N) is 1. The molecule has 3 amide bonds. The number of rotatable bonds is 6. The fourth-order valence-electron chi connectivity index (χ4n) is 4.47. The molecule has 4 rings (SSSR count). The molecule has 1 aliphatic rings. The number of amides is 3. The summed E-state index contributed by atoms with van der Waals surface area (Å²) in [5, 5.41) is 14.7. The fourth-order valence-corrected chi connectivity index (χ4v) is 4.47. The highest BCUT2D eigenvalue weighted by Crippen LogP contribution is 2.26. The second-order valence-corrected chi connectivity index (χ2v) is 9.17. The van der Waals surface area contributed by atoms with Gasteiger partial charge in [0.05, 0.1) is 12.0 Å². The summed E-state index contributed by atoms with van der Waals surface area (Å²) in [5.74, 6) is -1.33. The first kappa shape index (κ1) is 26.7. The third-order valence-corrected chi connectivity index (χ3v) is 6.37. The molecule has 0 saturated carbocycles. The molecule has 1 saturated heterocycles. The Kier molecular flexibility index (Phi) is 7.70. The van der Waals surface area contributed by atoms with Gasteiger partial charge in [0.2, 0.25) is 5.91 Å². The number of benzene rings is 3. The molecule has 38 heavy (non-hydrogen) atoms. The highest BCUT2D eigenvalue weighted by Gasteiger charge is 2.34. The number of aromatic carboxylic acids is 1. The molecule has 7 nitrogen and oxygen atoms in total. The van der Waals surface area contributed by atoms with E-state index in [-0.39, 0.29) is 17.0 Å². The van der Waals surface area contributed by atoms with Crippen LogP contribution in [-0.4, -0.2) is 46.7 Å². The lowest BCUT2D eigenvalue weighted by atomic mass is 10.00. The zero-order valence-electron chi connectivity index (χ0n) is 20.5. The number of carboxylic acid groups (broad SMARTS) is 1. The molecular weight excluding hydrogens is 499 g/mol. The summed E-state index contributed by atoms with van der Waals surface area (Å²) in [6, 6.07) is 16.4. The molecule has 0 aliphatic carbocycles. The van der Waals surface area contributed by atoms with E-state index in [9.17, 15) is 32.7 Å². The second-order valence-electron chi connectivity index (χ2n) is 9.17. The standard InChI is InChI=1S/C28H26F3N3O4/c1-17-15-20(8-13-23(17)26(36)37)19-6-11-21(12-7-19)32-25(35)24-3-2-14-34(24)27(38)33-22-9-4-18(5-10-22)16-28(29,30)31/h4-13,15,24H,2-3,14,16H2,1H3,(H,32,35)(H,33,38)(H,36,37)/t24-/m1/s1. The monoisotopic (exact) mass is 525 g/mol. The van der Waals surface area contributed by atoms with Crippen LogP contribution < -0.4 is 10.6 Å². The number of alkyl halides is 3. The number of nitrogens with one attached hydrogen (secondary N) is 2. The minimum absolute atomic E-state index is 0.0901. The van der Waals surface area contributed by atoms with Crippen LogP contribution >= 0.6 is 0 Å². The number of hydrogen-bond donors (Lipinski definition) is 3. The number of carbonyl (C=O) groups excluding carboxylic acids is 2. The zero-order chi connectivity index (χ0) is 27.4. The third-order valence-electron chi connectivity index (χ3n) is 6.37. The van der Waals surface area contributed by atoms with Crippen molar-refractivity contribution in [2.75, 3.05) is 17.2 Å². The Balaban J connectivity index is 1.37. The number of carbonyl (C=O) groups is 3. The van der Waals surface area contributed by atoms with Crippen LogP contribution in [0.5, 0.6) is 0 Å². The first-order valence-corrected chi connectivity index (χ1v) is 12.0. The molecule has 0 unspecified atom stereocenters. The van der Waals surface area contributed by atoms with Crippen molar-refractivity contribution in [2.24, 2.45) is 0 Å². The molecule has 0 bridgehead atoms. The SMILES string of the molecule is Cc1cc(-c2ccc(NC(=O)[C@H]3CCCN3C(=O)Nc3ccc(CC(F)(F)F)cc3)cc2)ccc1C(=O)O. The average molecular weight is 526 g/mol. The Morgan fingerprint density at radius 2 is 1.53 bits per heavy atom. The van der Waals surface area contributed by atoms with E-state index in [1.807, 2.05) is 12.1 Å². The lowest BCUT2D eigenvalue weighted by Gasteiger charge is -2.24. The highest BCUT2D eigenvalue weighted by atomic mass is 19.4. The van der Waals surface area contributed by atoms with Crippen molar-refractivity contribution in [1.29, 1.82) is 0 Å². The number of halogens is 3. The maximum atomic E-state index is 13.0. The van der Waals surface area contributed by atoms with E-state index in [0.717, 1.165) is 11.1 Å². The molecule has 1 aliphatic heterocycles. The number of hydrogen-bond acceptors (Lipinski definition) is 3. The summed E-state index contributed by atoms with van der Waals surface area (Å²) >= 11 is 0. The fraction of sp³-hybridized carbons (Fsp3) is 0.250. The lowest BCUT2D eigenvalue weighted by Crippen LogP contribution is -2.45. The van der Waals surface area contributed by atoms with E-state index in [2.05, 4.69) is 10.6 Å². The number of likely N-dealkylation sites (tertiary alicyclic amines) is 1. The lowest BCUT2D eigenvalue weighted by molar-refractivity contribution is -0.127. The summed E-state index contributed by atoms with van der Waals surface area (Å²) in [4.78, 5) is 38.4. The van der Waals surface area contributed by atoms with Crippen LogP contribution in [0.2, 0.25) is 0 Å². The molecule has 10 heteroatoms. The molecule has 3 N–H and O–H groups in total. The van der Waals surface area contributed by atoms with Gasteiger partial charge in [0.15, 0.2) is 0 Å². The first-order chi connectivity index (χ1) is 18.0. The molecule has 1 atom stereocenters. The molecule has 1 heterocycles. The van der Waals surface area contributed by atoms with Crippen LogP contribution in [0.3, 0.4) is 0 Å². The van der Waals surface area contributed by atoms with Crippen LogP contribution in [0.25, 0.3) is 11.1 Å². The van der Waals surface area contributed by atoms with Gasteiger partial charge in [0.25, 0.3) is 0 Å². The van der Waals surface area contributed by atoms with E-state index in [1.165, 1.54) is 29.2 Å². The third kappa shape index (κ3) is 6.50. The van der Waals surface area contributed by atoms with Crippen molar-refractivity contribution < 1.29 is 32.7 Å². The first-order valence-electron chi connectivity index (χ1n) is 12.0. The Bertz CT molecular complexity index is 1340. The van der Waals surface area contributed by atoms with Crippen molar-refractivity contribution in [3.8, 4) is 11.1 Å². The Morgan fingerprint density at radius 3 is 2.13 bits per heavy atom. The second kappa shape index (κ2) is 11.0. The number of aryl methyl sites for hydroxylation is 1. The van der Waals surface area contributed by atoms with E-state index in [0.29, 0.717) is 36.3 Å². The van der Waals surface area contributed by atoms with Gasteiger partial charge in [-0.2, -0.15) is 13.2 Å². The average Bonchev–Trinajstić information content (AvgIpc) is 3.35. The maximum Gasteiger partial charge on any atom is 0.393 e. The molecule has 3 aromatic carbocycles. The predicted molar refractivity (Wildman–Crippen MR) is 137 cm³/mol. The van der Waals surface area contributed by atoms with E-state index in [1.54, 1.807) is 37.3 Å². The van der Waals surface area contributed by atoms with Crippen LogP contribution in [0, 0.1) is 6.92 Å². The van der Waals surface area contributed by atoms with Gasteiger partial charge in [0.1, 0.15) is 6.04 Å². The van der Waals surface area contributed by atoms with Crippen molar-refractivity contribution >= 4 is 29.3 Å². The van der Waals surface area contributed by atoms with Crippen molar-refractivity contribution in [2.45, 2.75) is 38.4 Å². The van der Waals surface area contributed by atoms with Crippen molar-refractivity contribution in [3.05, 3.63) is 83.4 Å². The molecule has 1 fully saturated rings. The van der Waals surface area contributed by atoms with Gasteiger partial charge in [0, 0.05) is 17.9 Å². The predicted octanol–water partition coefficient (Wildman–Crippen LogP) is 6.10. The summed E-state index contributed by atoms with van der Waals surface area (Å²) in [5.41, 5.74) is 3.55. The van der Waals surface area contributed by atoms with E-state index in [4.69, 9.17) is 0 Å². The topological polar surface area (TPSA) is 98.7 Å². The zero-order valence-corrected chi connectivity index (χ0v) is 20.5. The smallest absolute Gasteiger partial charge is 0.393 e. The Labute approximate surface area is 217 Å². The van der Waals surface area contributed by atoms with Gasteiger partial charge in [-0.25, -0.2) is 9.59 Å². The molecule has 0 aromatic heterocycles. The Morgan fingerprint density at radius 1 is 0.921 bits per heavy atom. The van der Waals surface area contributed by atoms with Crippen molar-refractivity contribution in [1.82, 2.24) is 4.90 Å². The maximum absolute atomic E-state index is 13.0. The molecule has 3 aromatic rings. The quantitative estimate of drug-likeness (QED) is 0.362. The molecular formula is C28H26F3N3O4. The summed E-state index contributed by atoms with van der Waals surface area (Å²) in [6.07, 6.45) is -4.24. The van der Waals surface area contributed by atoms with Gasteiger partial charge in [-0.3, -0.25) is 4.79 Å². The summed E-state index contributed by atoms with van der Waals surface area (Å²) < 4.78 is 37.6. The van der Waals surface area contributed by atoms with E-state index < -0.39 is 30.6 Å². The number of urea groups is 1. The van der Waals surface area contributed by atoms with Crippen molar-refractivity contribution in [3.63, 3.8) is 0 Å². The molecule has 0 radical (unpaired) electrons. The minimum Gasteiger partial charge on any atom is -0.478 e. The van der Waals surface area contributed by atoms with Gasteiger partial charge in [-0.15, -0.1) is 0 Å². The van der Waals surface area contributed by atoms with Crippen LogP contribution in [-0.2, 0) is 11.2 Å². The van der Waals surface area contributed by atoms with E-state index >= 15 is 0 Å². The molecule has 0 spiro atoms.